The largest absolute Gasteiger partial charge is 0.305 e. The molecule has 0 aromatic carbocycles. The Morgan fingerprint density at radius 2 is 2.00 bits per heavy atom. The second-order valence-corrected chi connectivity index (χ2v) is 6.11. The second-order valence-electron chi connectivity index (χ2n) is 5.19. The van der Waals surface area contributed by atoms with E-state index in [1.807, 2.05) is 17.5 Å². The minimum absolute atomic E-state index is 0.549. The van der Waals surface area contributed by atoms with Crippen molar-refractivity contribution in [2.24, 2.45) is 5.92 Å². The van der Waals surface area contributed by atoms with Crippen molar-refractivity contribution < 1.29 is 0 Å². The standard InChI is InChI=1S/C13H20N2S/c1-2-4-10(5-3-1)12(15-11-6-7-11)13-14-8-9-16-13/h8-12,15H,1-7H2. The van der Waals surface area contributed by atoms with Gasteiger partial charge in [0.2, 0.25) is 0 Å². The van der Waals surface area contributed by atoms with Gasteiger partial charge in [0.15, 0.2) is 0 Å². The maximum absolute atomic E-state index is 4.53. The molecule has 1 aromatic rings. The molecule has 0 saturated heterocycles. The lowest BCUT2D eigenvalue weighted by Gasteiger charge is -2.29. The fourth-order valence-electron chi connectivity index (χ4n) is 2.77. The van der Waals surface area contributed by atoms with Crippen LogP contribution >= 0.6 is 11.3 Å². The first-order valence-electron chi connectivity index (χ1n) is 6.59. The van der Waals surface area contributed by atoms with E-state index in [0.717, 1.165) is 12.0 Å². The van der Waals surface area contributed by atoms with Gasteiger partial charge in [0, 0.05) is 17.6 Å². The zero-order chi connectivity index (χ0) is 10.8. The van der Waals surface area contributed by atoms with Crippen LogP contribution in [0.5, 0.6) is 0 Å². The van der Waals surface area contributed by atoms with E-state index < -0.39 is 0 Å². The molecular formula is C13H20N2S. The minimum Gasteiger partial charge on any atom is -0.305 e. The molecule has 2 aliphatic carbocycles. The Morgan fingerprint density at radius 3 is 2.62 bits per heavy atom. The Morgan fingerprint density at radius 1 is 1.19 bits per heavy atom. The Kier molecular flexibility index (Phi) is 3.25. The van der Waals surface area contributed by atoms with Crippen molar-refractivity contribution in [3.8, 4) is 0 Å². The third-order valence-corrected chi connectivity index (χ3v) is 4.69. The van der Waals surface area contributed by atoms with Crippen molar-refractivity contribution in [1.82, 2.24) is 10.3 Å². The molecule has 2 nitrogen and oxygen atoms in total. The van der Waals surface area contributed by atoms with E-state index >= 15 is 0 Å². The van der Waals surface area contributed by atoms with Gasteiger partial charge < -0.3 is 5.32 Å². The van der Waals surface area contributed by atoms with Gasteiger partial charge in [-0.1, -0.05) is 19.3 Å². The number of rotatable bonds is 4. The van der Waals surface area contributed by atoms with Crippen LogP contribution in [0, 0.1) is 5.92 Å². The number of aromatic nitrogens is 1. The lowest BCUT2D eigenvalue weighted by atomic mass is 9.84. The predicted molar refractivity (Wildman–Crippen MR) is 67.6 cm³/mol. The van der Waals surface area contributed by atoms with Crippen LogP contribution in [0.3, 0.4) is 0 Å². The molecule has 3 rings (SSSR count). The van der Waals surface area contributed by atoms with E-state index in [-0.39, 0.29) is 0 Å². The molecule has 1 unspecified atom stereocenters. The summed E-state index contributed by atoms with van der Waals surface area (Å²) in [5, 5.41) is 7.24. The highest BCUT2D eigenvalue weighted by molar-refractivity contribution is 7.09. The second kappa shape index (κ2) is 4.84. The maximum Gasteiger partial charge on any atom is 0.110 e. The van der Waals surface area contributed by atoms with E-state index in [4.69, 9.17) is 0 Å². The zero-order valence-electron chi connectivity index (χ0n) is 9.69. The maximum atomic E-state index is 4.53. The molecule has 3 heteroatoms. The average Bonchev–Trinajstić information content (AvgIpc) is 3.00. The lowest BCUT2D eigenvalue weighted by Crippen LogP contribution is -2.31. The highest BCUT2D eigenvalue weighted by Gasteiger charge is 2.32. The summed E-state index contributed by atoms with van der Waals surface area (Å²) in [5.74, 6) is 0.834. The van der Waals surface area contributed by atoms with Crippen molar-refractivity contribution in [2.75, 3.05) is 0 Å². The molecule has 16 heavy (non-hydrogen) atoms. The van der Waals surface area contributed by atoms with Crippen LogP contribution in [0.1, 0.15) is 56.0 Å². The monoisotopic (exact) mass is 236 g/mol. The Balaban J connectivity index is 1.71. The molecule has 88 valence electrons. The summed E-state index contributed by atoms with van der Waals surface area (Å²) in [4.78, 5) is 4.53. The van der Waals surface area contributed by atoms with Crippen LogP contribution in [0.2, 0.25) is 0 Å². The van der Waals surface area contributed by atoms with Crippen LogP contribution in [-0.2, 0) is 0 Å². The quantitative estimate of drug-likeness (QED) is 0.865. The fraction of sp³-hybridized carbons (Fsp3) is 0.769. The van der Waals surface area contributed by atoms with Crippen molar-refractivity contribution >= 4 is 11.3 Å². The highest BCUT2D eigenvalue weighted by atomic mass is 32.1. The smallest absolute Gasteiger partial charge is 0.110 e. The van der Waals surface area contributed by atoms with E-state index in [1.54, 1.807) is 0 Å². The molecule has 1 aromatic heterocycles. The van der Waals surface area contributed by atoms with Gasteiger partial charge in [-0.3, -0.25) is 0 Å². The molecule has 2 aliphatic rings. The zero-order valence-corrected chi connectivity index (χ0v) is 10.5. The average molecular weight is 236 g/mol. The van der Waals surface area contributed by atoms with Gasteiger partial charge in [-0.05, 0) is 31.6 Å². The van der Waals surface area contributed by atoms with Gasteiger partial charge in [-0.15, -0.1) is 11.3 Å². The summed E-state index contributed by atoms with van der Waals surface area (Å²) in [7, 11) is 0. The van der Waals surface area contributed by atoms with Crippen LogP contribution in [0.15, 0.2) is 11.6 Å². The number of hydrogen-bond donors (Lipinski definition) is 1. The summed E-state index contributed by atoms with van der Waals surface area (Å²) in [5.41, 5.74) is 0. The first kappa shape index (κ1) is 10.7. The third-order valence-electron chi connectivity index (χ3n) is 3.83. The van der Waals surface area contributed by atoms with Gasteiger partial charge in [0.1, 0.15) is 5.01 Å². The third kappa shape index (κ3) is 2.46. The molecule has 0 bridgehead atoms. The number of nitrogens with zero attached hydrogens (tertiary/aromatic N) is 1. The highest BCUT2D eigenvalue weighted by Crippen LogP contribution is 2.37. The first-order chi connectivity index (χ1) is 7.93. The van der Waals surface area contributed by atoms with E-state index in [1.165, 1.54) is 50.0 Å². The SMILES string of the molecule is c1csc(C(NC2CC2)C2CCCCC2)n1. The van der Waals surface area contributed by atoms with Gasteiger partial charge in [-0.2, -0.15) is 0 Å². The summed E-state index contributed by atoms with van der Waals surface area (Å²) >= 11 is 1.82. The molecule has 0 radical (unpaired) electrons. The van der Waals surface area contributed by atoms with Crippen molar-refractivity contribution in [3.63, 3.8) is 0 Å². The summed E-state index contributed by atoms with van der Waals surface area (Å²) in [6.07, 6.45) is 11.7. The van der Waals surface area contributed by atoms with E-state index in [2.05, 4.69) is 15.7 Å². The number of hydrogen-bond acceptors (Lipinski definition) is 3. The molecule has 0 amide bonds. The topological polar surface area (TPSA) is 24.9 Å². The van der Waals surface area contributed by atoms with Crippen molar-refractivity contribution in [1.29, 1.82) is 0 Å². The molecule has 0 spiro atoms. The van der Waals surface area contributed by atoms with Gasteiger partial charge in [-0.25, -0.2) is 4.98 Å². The van der Waals surface area contributed by atoms with Gasteiger partial charge >= 0.3 is 0 Å². The molecule has 1 atom stereocenters. The normalized spacial score (nSPS) is 24.5. The lowest BCUT2D eigenvalue weighted by molar-refractivity contribution is 0.269. The van der Waals surface area contributed by atoms with E-state index in [9.17, 15) is 0 Å². The minimum atomic E-state index is 0.549. The van der Waals surface area contributed by atoms with Crippen LogP contribution < -0.4 is 5.32 Å². The number of nitrogens with one attached hydrogen (secondary N) is 1. The molecule has 2 saturated carbocycles. The molecular weight excluding hydrogens is 216 g/mol. The van der Waals surface area contributed by atoms with Gasteiger partial charge in [0.25, 0.3) is 0 Å². The van der Waals surface area contributed by atoms with Crippen LogP contribution in [0.25, 0.3) is 0 Å². The molecule has 1 N–H and O–H groups in total. The number of thiazole rings is 1. The summed E-state index contributed by atoms with van der Waals surface area (Å²) in [6.45, 7) is 0. The van der Waals surface area contributed by atoms with Gasteiger partial charge in [0.05, 0.1) is 6.04 Å². The first-order valence-corrected chi connectivity index (χ1v) is 7.47. The Hall–Kier alpha value is -0.410. The van der Waals surface area contributed by atoms with Crippen LogP contribution in [-0.4, -0.2) is 11.0 Å². The van der Waals surface area contributed by atoms with Crippen molar-refractivity contribution in [3.05, 3.63) is 16.6 Å². The summed E-state index contributed by atoms with van der Waals surface area (Å²) in [6, 6.07) is 1.34. The molecule has 1 heterocycles. The molecule has 0 aliphatic heterocycles. The van der Waals surface area contributed by atoms with E-state index in [0.29, 0.717) is 6.04 Å². The summed E-state index contributed by atoms with van der Waals surface area (Å²) < 4.78 is 0. The van der Waals surface area contributed by atoms with Crippen molar-refractivity contribution in [2.45, 2.75) is 57.0 Å². The Labute approximate surface area is 101 Å². The predicted octanol–water partition coefficient (Wildman–Crippen LogP) is 3.52. The van der Waals surface area contributed by atoms with Crippen LogP contribution in [0.4, 0.5) is 0 Å². The fourth-order valence-corrected chi connectivity index (χ4v) is 3.56. The Bertz CT molecular complexity index is 313. The molecule has 2 fully saturated rings.